The van der Waals surface area contributed by atoms with Gasteiger partial charge < -0.3 is 9.32 Å². The Balaban J connectivity index is 1.59. The summed E-state index contributed by atoms with van der Waals surface area (Å²) in [7, 11) is 0. The lowest BCUT2D eigenvalue weighted by Crippen LogP contribution is -2.31. The minimum absolute atomic E-state index is 0.0288. The summed E-state index contributed by atoms with van der Waals surface area (Å²) in [5.41, 5.74) is 3.29. The predicted octanol–water partition coefficient (Wildman–Crippen LogP) is 6.38. The van der Waals surface area contributed by atoms with E-state index in [0.717, 1.165) is 40.6 Å². The Morgan fingerprint density at radius 1 is 1.14 bits per heavy atom. The first-order valence-electron chi connectivity index (χ1n) is 10.3. The van der Waals surface area contributed by atoms with Crippen molar-refractivity contribution < 1.29 is 9.21 Å². The number of carbonyl (C=O) groups excluding carboxylic acids is 1. The molecule has 29 heavy (non-hydrogen) atoms. The number of benzene rings is 2. The highest BCUT2D eigenvalue weighted by Crippen LogP contribution is 2.59. The minimum atomic E-state index is -0.0288. The van der Waals surface area contributed by atoms with Crippen molar-refractivity contribution in [3.63, 3.8) is 0 Å². The monoisotopic (exact) mass is 423 g/mol. The highest BCUT2D eigenvalue weighted by molar-refractivity contribution is 8.20. The van der Waals surface area contributed by atoms with Gasteiger partial charge in [-0.1, -0.05) is 36.4 Å². The van der Waals surface area contributed by atoms with Gasteiger partial charge in [0.2, 0.25) is 0 Å². The van der Waals surface area contributed by atoms with Crippen LogP contribution in [0.1, 0.15) is 47.2 Å². The van der Waals surface area contributed by atoms with Crippen molar-refractivity contribution in [2.24, 2.45) is 0 Å². The molecule has 5 rings (SSSR count). The molecule has 1 saturated heterocycles. The van der Waals surface area contributed by atoms with E-state index < -0.39 is 0 Å². The quantitative estimate of drug-likeness (QED) is 0.490. The van der Waals surface area contributed by atoms with Gasteiger partial charge in [0.05, 0.1) is 9.77 Å². The van der Waals surface area contributed by atoms with Crippen LogP contribution in [0.15, 0.2) is 46.9 Å². The first kappa shape index (κ1) is 19.1. The molecule has 1 aliphatic heterocycles. The molecule has 1 spiro atoms. The molecule has 1 aromatic heterocycles. The molecule has 1 amide bonds. The van der Waals surface area contributed by atoms with Crippen LogP contribution in [0.3, 0.4) is 0 Å². The van der Waals surface area contributed by atoms with Gasteiger partial charge in [-0.05, 0) is 38.1 Å². The summed E-state index contributed by atoms with van der Waals surface area (Å²) in [4.78, 5) is 15.5. The first-order valence-corrected chi connectivity index (χ1v) is 12.3. The van der Waals surface area contributed by atoms with Crippen molar-refractivity contribution in [3.8, 4) is 0 Å². The van der Waals surface area contributed by atoms with Crippen molar-refractivity contribution in [1.82, 2.24) is 0 Å². The van der Waals surface area contributed by atoms with Crippen LogP contribution < -0.4 is 4.90 Å². The van der Waals surface area contributed by atoms with Gasteiger partial charge in [-0.3, -0.25) is 4.79 Å². The molecule has 2 aliphatic rings. The minimum Gasteiger partial charge on any atom is -0.455 e. The van der Waals surface area contributed by atoms with Crippen molar-refractivity contribution in [2.75, 3.05) is 23.0 Å². The summed E-state index contributed by atoms with van der Waals surface area (Å²) in [6.45, 7) is 4.72. The molecule has 0 N–H and O–H groups in total. The number of amides is 1. The molecule has 2 aromatic carbocycles. The smallest absolute Gasteiger partial charge is 0.294 e. The van der Waals surface area contributed by atoms with Crippen molar-refractivity contribution in [1.29, 1.82) is 0 Å². The molecule has 5 heteroatoms. The van der Waals surface area contributed by atoms with Gasteiger partial charge in [-0.15, -0.1) is 23.5 Å². The maximum Gasteiger partial charge on any atom is 0.294 e. The van der Waals surface area contributed by atoms with Gasteiger partial charge >= 0.3 is 0 Å². The van der Waals surface area contributed by atoms with Crippen LogP contribution in [0, 0.1) is 6.92 Å². The number of thioether (sulfide) groups is 2. The summed E-state index contributed by atoms with van der Waals surface area (Å²) >= 11 is 4.08. The number of furan rings is 1. The lowest BCUT2D eigenvalue weighted by molar-refractivity contribution is 0.0959. The Bertz CT molecular complexity index is 1080. The van der Waals surface area contributed by atoms with Crippen molar-refractivity contribution in [2.45, 2.75) is 37.2 Å². The molecule has 0 unspecified atom stereocenters. The Morgan fingerprint density at radius 3 is 2.69 bits per heavy atom. The molecule has 0 bridgehead atoms. The molecular formula is C24H25NO2S2. The zero-order chi connectivity index (χ0) is 20.0. The average Bonchev–Trinajstić information content (AvgIpc) is 3.34. The van der Waals surface area contributed by atoms with Gasteiger partial charge in [-0.25, -0.2) is 0 Å². The number of carbonyl (C=O) groups is 1. The Morgan fingerprint density at radius 2 is 1.90 bits per heavy atom. The van der Waals surface area contributed by atoms with Gasteiger partial charge in [0.25, 0.3) is 5.91 Å². The third-order valence-electron chi connectivity index (χ3n) is 6.08. The summed E-state index contributed by atoms with van der Waals surface area (Å²) in [6, 6.07) is 14.4. The highest BCUT2D eigenvalue weighted by atomic mass is 32.2. The molecule has 1 aliphatic carbocycles. The fourth-order valence-electron chi connectivity index (χ4n) is 4.79. The molecule has 0 atom stereocenters. The average molecular weight is 424 g/mol. The van der Waals surface area contributed by atoms with E-state index in [-0.39, 0.29) is 9.99 Å². The van der Waals surface area contributed by atoms with Crippen LogP contribution in [-0.2, 0) is 10.5 Å². The molecule has 3 nitrogen and oxygen atoms in total. The van der Waals surface area contributed by atoms with Gasteiger partial charge in [0.15, 0.2) is 5.76 Å². The molecule has 150 valence electrons. The number of nitrogens with zero attached hydrogens (tertiary/aromatic N) is 1. The number of hydrogen-bond donors (Lipinski definition) is 0. The second-order valence-corrected chi connectivity index (χ2v) is 10.8. The zero-order valence-corrected chi connectivity index (χ0v) is 18.5. The van der Waals surface area contributed by atoms with Gasteiger partial charge in [-0.2, -0.15) is 0 Å². The number of fused-ring (bicyclic) bond motifs is 3. The fourth-order valence-corrected chi connectivity index (χ4v) is 8.35. The van der Waals surface area contributed by atoms with Crippen LogP contribution >= 0.6 is 23.5 Å². The van der Waals surface area contributed by atoms with E-state index >= 15 is 0 Å². The maximum atomic E-state index is 13.7. The number of anilines is 1. The van der Waals surface area contributed by atoms with E-state index in [4.69, 9.17) is 4.42 Å². The second kappa shape index (κ2) is 7.44. The molecule has 0 radical (unpaired) electrons. The summed E-state index contributed by atoms with van der Waals surface area (Å²) in [5.74, 6) is 3.88. The SMILES string of the molecule is CCN(C(=O)c1oc2c(c1C)C1(CCC2)SCCS1)c1cccc2ccccc12. The normalized spacial score (nSPS) is 17.6. The van der Waals surface area contributed by atoms with E-state index in [9.17, 15) is 4.79 Å². The lowest BCUT2D eigenvalue weighted by atomic mass is 9.94. The van der Waals surface area contributed by atoms with Gasteiger partial charge in [0, 0.05) is 41.0 Å². The van der Waals surface area contributed by atoms with Crippen LogP contribution in [0.2, 0.25) is 0 Å². The molecule has 3 aromatic rings. The van der Waals surface area contributed by atoms with Crippen molar-refractivity contribution in [3.05, 3.63) is 65.1 Å². The molecule has 0 saturated carbocycles. The Kier molecular flexibility index (Phi) is 4.91. The standard InChI is InChI=1S/C24H25NO2S2/c1-3-25(19-11-6-9-17-8-4-5-10-18(17)19)23(26)22-16(2)21-20(27-22)12-7-13-24(21)28-14-15-29-24/h4-6,8-11H,3,7,12-15H2,1-2H3. The van der Waals surface area contributed by atoms with E-state index in [1.165, 1.54) is 23.5 Å². The first-order chi connectivity index (χ1) is 14.1. The molecule has 1 fully saturated rings. The molecule has 2 heterocycles. The summed E-state index contributed by atoms with van der Waals surface area (Å²) < 4.78 is 6.38. The van der Waals surface area contributed by atoms with Gasteiger partial charge in [0.1, 0.15) is 5.76 Å². The Hall–Kier alpha value is -1.85. The van der Waals surface area contributed by atoms with Crippen molar-refractivity contribution >= 4 is 45.9 Å². The fraction of sp³-hybridized carbons (Fsp3) is 0.375. The topological polar surface area (TPSA) is 33.5 Å². The third-order valence-corrected chi connectivity index (χ3v) is 9.61. The van der Waals surface area contributed by atoms with Crippen LogP contribution in [-0.4, -0.2) is 24.0 Å². The van der Waals surface area contributed by atoms with E-state index in [1.54, 1.807) is 0 Å². The zero-order valence-electron chi connectivity index (χ0n) is 16.9. The second-order valence-electron chi connectivity index (χ2n) is 7.71. The summed E-state index contributed by atoms with van der Waals surface area (Å²) in [6.07, 6.45) is 3.24. The Labute approximate surface area is 180 Å². The number of aryl methyl sites for hydroxylation is 1. The largest absolute Gasteiger partial charge is 0.455 e. The van der Waals surface area contributed by atoms with Crippen LogP contribution in [0.25, 0.3) is 10.8 Å². The molecular weight excluding hydrogens is 398 g/mol. The predicted molar refractivity (Wildman–Crippen MR) is 124 cm³/mol. The third kappa shape index (κ3) is 3.01. The number of hydrogen-bond acceptors (Lipinski definition) is 4. The van der Waals surface area contributed by atoms with E-state index in [1.807, 2.05) is 59.6 Å². The lowest BCUT2D eigenvalue weighted by Gasteiger charge is -2.31. The maximum absolute atomic E-state index is 13.7. The van der Waals surface area contributed by atoms with Crippen LogP contribution in [0.5, 0.6) is 0 Å². The van der Waals surface area contributed by atoms with Crippen LogP contribution in [0.4, 0.5) is 5.69 Å². The highest BCUT2D eigenvalue weighted by Gasteiger charge is 2.45. The van der Waals surface area contributed by atoms with E-state index in [2.05, 4.69) is 25.1 Å². The number of rotatable bonds is 3. The van der Waals surface area contributed by atoms with E-state index in [0.29, 0.717) is 12.3 Å². The summed E-state index contributed by atoms with van der Waals surface area (Å²) in [5, 5.41) is 2.24.